The van der Waals surface area contributed by atoms with E-state index in [4.69, 9.17) is 23.4 Å². The predicted molar refractivity (Wildman–Crippen MR) is 92.3 cm³/mol. The van der Waals surface area contributed by atoms with Gasteiger partial charge in [0.2, 0.25) is 0 Å². The van der Waals surface area contributed by atoms with Crippen molar-refractivity contribution in [2.24, 2.45) is 0 Å². The predicted octanol–water partition coefficient (Wildman–Crippen LogP) is 4.15. The molecule has 2 atom stereocenters. The number of nitriles is 1. The van der Waals surface area contributed by atoms with E-state index in [1.807, 2.05) is 0 Å². The Morgan fingerprint density at radius 3 is 2.13 bits per heavy atom. The Labute approximate surface area is 141 Å². The molecule has 0 heterocycles. The van der Waals surface area contributed by atoms with Crippen molar-refractivity contribution in [1.29, 1.82) is 5.26 Å². The van der Waals surface area contributed by atoms with Crippen molar-refractivity contribution in [2.75, 3.05) is 33.1 Å². The van der Waals surface area contributed by atoms with Gasteiger partial charge >= 0.3 is 7.60 Å². The van der Waals surface area contributed by atoms with Gasteiger partial charge in [0.1, 0.15) is 0 Å². The van der Waals surface area contributed by atoms with E-state index in [0.29, 0.717) is 19.6 Å². The minimum Gasteiger partial charge on any atom is -0.321 e. The lowest BCUT2D eigenvalue weighted by atomic mass is 10.3. The van der Waals surface area contributed by atoms with Gasteiger partial charge in [-0.3, -0.25) is 4.57 Å². The molecule has 0 aromatic carbocycles. The quantitative estimate of drug-likeness (QED) is 0.357. The molecule has 0 aliphatic carbocycles. The molecule has 0 amide bonds. The van der Waals surface area contributed by atoms with E-state index in [2.05, 4.69) is 38.4 Å². The molecule has 0 spiro atoms. The highest BCUT2D eigenvalue weighted by Crippen LogP contribution is 2.47. The first-order valence-electron chi connectivity index (χ1n) is 7.82. The molecule has 23 heavy (non-hydrogen) atoms. The third-order valence-electron chi connectivity index (χ3n) is 2.64. The van der Waals surface area contributed by atoms with E-state index in [9.17, 15) is 4.57 Å². The van der Waals surface area contributed by atoms with Gasteiger partial charge in [0, 0.05) is 18.7 Å². The second-order valence-electron chi connectivity index (χ2n) is 5.40. The first-order chi connectivity index (χ1) is 10.7. The summed E-state index contributed by atoms with van der Waals surface area (Å²) >= 11 is 0. The average Bonchev–Trinajstić information content (AvgIpc) is 2.42. The van der Waals surface area contributed by atoms with Gasteiger partial charge in [0.25, 0.3) is 8.53 Å². The second kappa shape index (κ2) is 12.3. The highest BCUT2D eigenvalue weighted by molar-refractivity contribution is 7.52. The van der Waals surface area contributed by atoms with E-state index >= 15 is 0 Å². The molecule has 136 valence electrons. The summed E-state index contributed by atoms with van der Waals surface area (Å²) in [6.45, 7) is 12.6. The standard InChI is InChI=1S/C14H30N2O5P2/c1-7-20-23(6,17)21-12-11-19-22(18-10-8-9-15)16(13(2)3)14(4)5/h13-14H,7-8,10-12H2,1-6H3. The van der Waals surface area contributed by atoms with Gasteiger partial charge in [-0.15, -0.1) is 0 Å². The van der Waals surface area contributed by atoms with Crippen LogP contribution in [0.2, 0.25) is 0 Å². The van der Waals surface area contributed by atoms with E-state index in [1.165, 1.54) is 6.66 Å². The molecule has 0 radical (unpaired) electrons. The fourth-order valence-corrected chi connectivity index (χ4v) is 4.43. The lowest BCUT2D eigenvalue weighted by molar-refractivity contribution is 0.142. The van der Waals surface area contributed by atoms with Crippen LogP contribution < -0.4 is 0 Å². The molecule has 0 bridgehead atoms. The summed E-state index contributed by atoms with van der Waals surface area (Å²) in [6.07, 6.45) is 0.317. The molecule has 0 aromatic rings. The summed E-state index contributed by atoms with van der Waals surface area (Å²) in [4.78, 5) is 0. The molecule has 0 N–H and O–H groups in total. The van der Waals surface area contributed by atoms with Gasteiger partial charge in [-0.2, -0.15) is 5.26 Å². The number of hydrogen-bond donors (Lipinski definition) is 0. The van der Waals surface area contributed by atoms with Crippen LogP contribution in [-0.4, -0.2) is 49.8 Å². The van der Waals surface area contributed by atoms with Crippen LogP contribution in [0, 0.1) is 11.3 Å². The largest absolute Gasteiger partial charge is 0.327 e. The minimum absolute atomic E-state index is 0.165. The number of nitrogens with zero attached hydrogens (tertiary/aromatic N) is 2. The molecule has 0 fully saturated rings. The SMILES string of the molecule is CCOP(C)(=O)OCCOP(OCCC#N)N(C(C)C)C(C)C. The van der Waals surface area contributed by atoms with Gasteiger partial charge in [0.05, 0.1) is 38.9 Å². The fourth-order valence-electron chi connectivity index (χ4n) is 1.90. The highest BCUT2D eigenvalue weighted by atomic mass is 31.2. The van der Waals surface area contributed by atoms with Crippen LogP contribution in [0.25, 0.3) is 0 Å². The van der Waals surface area contributed by atoms with Gasteiger partial charge in [-0.1, -0.05) is 0 Å². The zero-order valence-electron chi connectivity index (χ0n) is 15.0. The Morgan fingerprint density at radius 1 is 1.09 bits per heavy atom. The zero-order valence-corrected chi connectivity index (χ0v) is 16.8. The fraction of sp³-hybridized carbons (Fsp3) is 0.929. The van der Waals surface area contributed by atoms with Crippen molar-refractivity contribution in [2.45, 2.75) is 53.1 Å². The molecule has 0 rings (SSSR count). The molecule has 0 saturated heterocycles. The summed E-state index contributed by atoms with van der Waals surface area (Å²) in [6, 6.07) is 2.54. The molecule has 2 unspecified atom stereocenters. The van der Waals surface area contributed by atoms with Crippen LogP contribution in [0.3, 0.4) is 0 Å². The van der Waals surface area contributed by atoms with E-state index in [-0.39, 0.29) is 25.3 Å². The number of rotatable bonds is 13. The maximum Gasteiger partial charge on any atom is 0.327 e. The van der Waals surface area contributed by atoms with Crippen LogP contribution in [0.1, 0.15) is 41.0 Å². The molecule has 0 aliphatic heterocycles. The lowest BCUT2D eigenvalue weighted by Gasteiger charge is -2.35. The van der Waals surface area contributed by atoms with Gasteiger partial charge in [-0.05, 0) is 34.6 Å². The third kappa shape index (κ3) is 10.4. The Hall–Kier alpha value is -0.0500. The maximum atomic E-state index is 11.8. The minimum atomic E-state index is -3.01. The number of hydrogen-bond acceptors (Lipinski definition) is 7. The van der Waals surface area contributed by atoms with Crippen molar-refractivity contribution in [3.8, 4) is 6.07 Å². The van der Waals surface area contributed by atoms with Crippen molar-refractivity contribution < 1.29 is 22.7 Å². The zero-order chi connectivity index (χ0) is 17.9. The molecular formula is C14H30N2O5P2. The molecule has 7 nitrogen and oxygen atoms in total. The van der Waals surface area contributed by atoms with Crippen molar-refractivity contribution in [1.82, 2.24) is 4.67 Å². The van der Waals surface area contributed by atoms with Gasteiger partial charge in [-0.25, -0.2) is 4.67 Å². The average molecular weight is 368 g/mol. The van der Waals surface area contributed by atoms with Crippen LogP contribution in [0.15, 0.2) is 0 Å². The normalized spacial score (nSPS) is 15.8. The summed E-state index contributed by atoms with van der Waals surface area (Å²) < 4.78 is 35.8. The monoisotopic (exact) mass is 368 g/mol. The first kappa shape index (κ1) is 22.9. The Morgan fingerprint density at radius 2 is 1.65 bits per heavy atom. The van der Waals surface area contributed by atoms with Crippen LogP contribution in [-0.2, 0) is 22.7 Å². The van der Waals surface area contributed by atoms with Crippen LogP contribution in [0.4, 0.5) is 0 Å². The first-order valence-corrected chi connectivity index (χ1v) is 10.9. The molecule has 0 saturated carbocycles. The van der Waals surface area contributed by atoms with Gasteiger partial charge in [0.15, 0.2) is 0 Å². The summed E-state index contributed by atoms with van der Waals surface area (Å²) in [7, 11) is -4.31. The third-order valence-corrected chi connectivity index (χ3v) is 6.12. The van der Waals surface area contributed by atoms with Crippen molar-refractivity contribution in [3.63, 3.8) is 0 Å². The summed E-state index contributed by atoms with van der Waals surface area (Å²) in [5.41, 5.74) is 0. The summed E-state index contributed by atoms with van der Waals surface area (Å²) in [5.74, 6) is 0. The highest BCUT2D eigenvalue weighted by Gasteiger charge is 2.27. The Bertz CT molecular complexity index is 393. The molecule has 0 aromatic heterocycles. The Balaban J connectivity index is 4.52. The maximum absolute atomic E-state index is 11.8. The van der Waals surface area contributed by atoms with Crippen molar-refractivity contribution in [3.05, 3.63) is 0 Å². The van der Waals surface area contributed by atoms with Gasteiger partial charge < -0.3 is 18.1 Å². The lowest BCUT2D eigenvalue weighted by Crippen LogP contribution is -2.33. The van der Waals surface area contributed by atoms with E-state index in [1.54, 1.807) is 6.92 Å². The smallest absolute Gasteiger partial charge is 0.321 e. The topological polar surface area (TPSA) is 81.0 Å². The molecule has 0 aliphatic rings. The van der Waals surface area contributed by atoms with E-state index < -0.39 is 16.1 Å². The Kier molecular flexibility index (Phi) is 12.3. The van der Waals surface area contributed by atoms with Crippen molar-refractivity contribution >= 4 is 16.1 Å². The van der Waals surface area contributed by atoms with E-state index in [0.717, 1.165) is 0 Å². The van der Waals surface area contributed by atoms with Crippen LogP contribution in [0.5, 0.6) is 0 Å². The molecule has 9 heteroatoms. The van der Waals surface area contributed by atoms with Crippen LogP contribution >= 0.6 is 16.1 Å². The molecular weight excluding hydrogens is 338 g/mol. The second-order valence-corrected chi connectivity index (χ2v) is 8.92. The summed E-state index contributed by atoms with van der Waals surface area (Å²) in [5, 5.41) is 8.65.